The van der Waals surface area contributed by atoms with E-state index in [0.717, 1.165) is 17.4 Å². The van der Waals surface area contributed by atoms with Gasteiger partial charge in [-0.25, -0.2) is 18.2 Å². The average Bonchev–Trinajstić information content (AvgIpc) is 2.97. The Morgan fingerprint density at radius 3 is 2.82 bits per heavy atom. The smallest absolute Gasteiger partial charge is 0.346 e. The Morgan fingerprint density at radius 1 is 1.50 bits per heavy atom. The van der Waals surface area contributed by atoms with E-state index in [1.807, 2.05) is 6.92 Å². The zero-order valence-corrected chi connectivity index (χ0v) is 13.5. The normalized spacial score (nSPS) is 11.1. The number of carbonyl (C=O) groups excluding carboxylic acids is 1. The van der Waals surface area contributed by atoms with Gasteiger partial charge in [0, 0.05) is 13.2 Å². The van der Waals surface area contributed by atoms with Gasteiger partial charge in [-0.15, -0.1) is 11.5 Å². The summed E-state index contributed by atoms with van der Waals surface area (Å²) in [6.07, 6.45) is 7.02. The SMILES string of the molecule is C#CCN(CCC)C(=O)n1cnc(S(=O)(=O)CCOCC)n1. The highest BCUT2D eigenvalue weighted by Gasteiger charge is 2.22. The summed E-state index contributed by atoms with van der Waals surface area (Å²) in [7, 11) is -3.67. The maximum Gasteiger partial charge on any atom is 0.346 e. The third-order valence-corrected chi connectivity index (χ3v) is 4.14. The summed E-state index contributed by atoms with van der Waals surface area (Å²) in [5.41, 5.74) is 0. The minimum atomic E-state index is -3.67. The minimum absolute atomic E-state index is 0.0559. The van der Waals surface area contributed by atoms with Crippen LogP contribution in [0.2, 0.25) is 0 Å². The molecule has 0 atom stereocenters. The van der Waals surface area contributed by atoms with Crippen LogP contribution in [0.4, 0.5) is 4.79 Å². The van der Waals surface area contributed by atoms with E-state index in [1.54, 1.807) is 6.92 Å². The third kappa shape index (κ3) is 4.82. The number of nitrogens with zero attached hydrogens (tertiary/aromatic N) is 4. The number of hydrogen-bond acceptors (Lipinski definition) is 6. The van der Waals surface area contributed by atoms with Gasteiger partial charge >= 0.3 is 6.03 Å². The van der Waals surface area contributed by atoms with E-state index in [4.69, 9.17) is 11.2 Å². The van der Waals surface area contributed by atoms with E-state index in [-0.39, 0.29) is 18.9 Å². The van der Waals surface area contributed by atoms with Crippen LogP contribution in [0.3, 0.4) is 0 Å². The number of ether oxygens (including phenoxy) is 1. The third-order valence-electron chi connectivity index (χ3n) is 2.69. The second-order valence-electron chi connectivity index (χ2n) is 4.40. The van der Waals surface area contributed by atoms with Crippen molar-refractivity contribution in [3.05, 3.63) is 6.33 Å². The van der Waals surface area contributed by atoms with Crippen LogP contribution >= 0.6 is 0 Å². The molecular weight excluding hydrogens is 308 g/mol. The first-order valence-corrected chi connectivity index (χ1v) is 8.56. The zero-order chi connectivity index (χ0) is 16.6. The maximum atomic E-state index is 12.2. The van der Waals surface area contributed by atoms with Gasteiger partial charge in [0.05, 0.1) is 18.9 Å². The summed E-state index contributed by atoms with van der Waals surface area (Å²) in [6, 6.07) is -0.501. The molecule has 122 valence electrons. The number of rotatable bonds is 8. The Bertz CT molecular complexity index is 633. The van der Waals surface area contributed by atoms with Crippen LogP contribution in [0.1, 0.15) is 20.3 Å². The summed E-state index contributed by atoms with van der Waals surface area (Å²) in [4.78, 5) is 17.3. The highest BCUT2D eigenvalue weighted by molar-refractivity contribution is 7.91. The van der Waals surface area contributed by atoms with Gasteiger partial charge in [0.15, 0.2) is 0 Å². The van der Waals surface area contributed by atoms with Crippen molar-refractivity contribution in [2.75, 3.05) is 32.1 Å². The van der Waals surface area contributed by atoms with E-state index in [9.17, 15) is 13.2 Å². The van der Waals surface area contributed by atoms with Crippen LogP contribution in [-0.2, 0) is 14.6 Å². The van der Waals surface area contributed by atoms with E-state index in [0.29, 0.717) is 13.2 Å². The average molecular weight is 328 g/mol. The summed E-state index contributed by atoms with van der Waals surface area (Å²) in [5.74, 6) is 2.15. The Morgan fingerprint density at radius 2 is 2.23 bits per heavy atom. The number of amides is 1. The molecular formula is C13H20N4O4S. The molecule has 1 heterocycles. The molecule has 1 aromatic rings. The maximum absolute atomic E-state index is 12.2. The molecule has 0 spiro atoms. The summed E-state index contributed by atoms with van der Waals surface area (Å²) in [6.45, 7) is 4.73. The van der Waals surface area contributed by atoms with Gasteiger partial charge in [0.2, 0.25) is 9.84 Å². The molecule has 1 amide bonds. The monoisotopic (exact) mass is 328 g/mol. The topological polar surface area (TPSA) is 94.4 Å². The van der Waals surface area contributed by atoms with Gasteiger partial charge in [-0.1, -0.05) is 12.8 Å². The Hall–Kier alpha value is -1.92. The lowest BCUT2D eigenvalue weighted by Crippen LogP contribution is -2.36. The number of sulfone groups is 1. The molecule has 22 heavy (non-hydrogen) atoms. The number of hydrogen-bond donors (Lipinski definition) is 0. The molecule has 8 nitrogen and oxygen atoms in total. The molecule has 1 aromatic heterocycles. The molecule has 0 aliphatic heterocycles. The molecule has 0 bridgehead atoms. The van der Waals surface area contributed by atoms with Crippen molar-refractivity contribution >= 4 is 15.9 Å². The molecule has 0 fully saturated rings. The van der Waals surface area contributed by atoms with Crippen LogP contribution in [-0.4, -0.2) is 66.2 Å². The molecule has 1 rings (SSSR count). The largest absolute Gasteiger partial charge is 0.381 e. The van der Waals surface area contributed by atoms with E-state index >= 15 is 0 Å². The highest BCUT2D eigenvalue weighted by Crippen LogP contribution is 2.05. The minimum Gasteiger partial charge on any atom is -0.381 e. The van der Waals surface area contributed by atoms with Gasteiger partial charge in [-0.05, 0) is 13.3 Å². The Kier molecular flexibility index (Phi) is 7.01. The molecule has 0 N–H and O–H groups in total. The van der Waals surface area contributed by atoms with E-state index in [2.05, 4.69) is 16.0 Å². The first kappa shape index (κ1) is 18.1. The molecule has 0 radical (unpaired) electrons. The summed E-state index contributed by atoms with van der Waals surface area (Å²) < 4.78 is 29.9. The van der Waals surface area contributed by atoms with Gasteiger partial charge in [-0.2, -0.15) is 4.68 Å². The Balaban J connectivity index is 2.86. The van der Waals surface area contributed by atoms with Crippen LogP contribution in [0.25, 0.3) is 0 Å². The van der Waals surface area contributed by atoms with Gasteiger partial charge in [-0.3, -0.25) is 0 Å². The fourth-order valence-corrected chi connectivity index (χ4v) is 2.59. The number of carbonyl (C=O) groups is 1. The summed E-state index contributed by atoms with van der Waals surface area (Å²) >= 11 is 0. The second kappa shape index (κ2) is 8.51. The molecule has 0 saturated carbocycles. The van der Waals surface area contributed by atoms with Crippen LogP contribution < -0.4 is 0 Å². The number of terminal acetylenes is 1. The molecule has 0 unspecified atom stereocenters. The lowest BCUT2D eigenvalue weighted by atomic mass is 10.4. The molecule has 0 aliphatic rings. The van der Waals surface area contributed by atoms with Crippen molar-refractivity contribution in [3.8, 4) is 12.3 Å². The van der Waals surface area contributed by atoms with Crippen molar-refractivity contribution in [2.24, 2.45) is 0 Å². The first-order chi connectivity index (χ1) is 10.5. The molecule has 0 saturated heterocycles. The predicted octanol–water partition coefficient (Wildman–Crippen LogP) is 0.402. The van der Waals surface area contributed by atoms with Crippen molar-refractivity contribution in [1.29, 1.82) is 0 Å². The van der Waals surface area contributed by atoms with Crippen LogP contribution in [0.5, 0.6) is 0 Å². The van der Waals surface area contributed by atoms with Gasteiger partial charge in [0.25, 0.3) is 5.16 Å². The fourth-order valence-electron chi connectivity index (χ4n) is 1.65. The Labute approximate surface area is 130 Å². The van der Waals surface area contributed by atoms with Crippen molar-refractivity contribution in [3.63, 3.8) is 0 Å². The lowest BCUT2D eigenvalue weighted by molar-refractivity contribution is 0.163. The van der Waals surface area contributed by atoms with Crippen molar-refractivity contribution < 1.29 is 17.9 Å². The lowest BCUT2D eigenvalue weighted by Gasteiger charge is -2.18. The predicted molar refractivity (Wildman–Crippen MR) is 80.1 cm³/mol. The zero-order valence-electron chi connectivity index (χ0n) is 12.7. The highest BCUT2D eigenvalue weighted by atomic mass is 32.2. The quantitative estimate of drug-likeness (QED) is 0.506. The number of aromatic nitrogens is 3. The second-order valence-corrected chi connectivity index (χ2v) is 6.40. The standard InChI is InChI=1S/C13H20N4O4S/c1-4-7-16(8-5-2)13(18)17-11-14-12(15-17)22(19,20)10-9-21-6-3/h1,11H,5-10H2,2-3H3. The van der Waals surface area contributed by atoms with Gasteiger partial charge in [0.1, 0.15) is 6.33 Å². The van der Waals surface area contributed by atoms with Crippen LogP contribution in [0.15, 0.2) is 11.5 Å². The molecule has 0 aliphatic carbocycles. The van der Waals surface area contributed by atoms with Crippen LogP contribution in [0, 0.1) is 12.3 Å². The van der Waals surface area contributed by atoms with Crippen molar-refractivity contribution in [1.82, 2.24) is 19.7 Å². The van der Waals surface area contributed by atoms with Crippen molar-refractivity contribution in [2.45, 2.75) is 25.4 Å². The molecule has 9 heteroatoms. The fraction of sp³-hybridized carbons (Fsp3) is 0.615. The van der Waals surface area contributed by atoms with E-state index in [1.165, 1.54) is 4.90 Å². The van der Waals surface area contributed by atoms with E-state index < -0.39 is 21.0 Å². The van der Waals surface area contributed by atoms with Gasteiger partial charge < -0.3 is 9.64 Å². The molecule has 0 aromatic carbocycles. The summed E-state index contributed by atoms with van der Waals surface area (Å²) in [5, 5.41) is 3.36. The first-order valence-electron chi connectivity index (χ1n) is 6.91.